The van der Waals surface area contributed by atoms with E-state index in [-0.39, 0.29) is 0 Å². The maximum Gasteiger partial charge on any atom is 0.411 e. The quantitative estimate of drug-likeness (QED) is 0.398. The SMILES string of the molecule is CCCOC(=O)Nc1ccc(-c2c(N)c3ccc(OCCCN4CCOCC4)cc3n2CC)cc1. The number of carbonyl (C=O) groups is 1. The number of rotatable bonds is 10. The van der Waals surface area contributed by atoms with Crippen LogP contribution in [0.4, 0.5) is 16.2 Å². The Hall–Kier alpha value is -3.23. The number of nitrogens with zero attached hydrogens (tertiary/aromatic N) is 2. The van der Waals surface area contributed by atoms with Crippen LogP contribution in [-0.4, -0.2) is 61.6 Å². The van der Waals surface area contributed by atoms with Crippen molar-refractivity contribution in [2.75, 3.05) is 57.1 Å². The molecule has 0 atom stereocenters. The monoisotopic (exact) mass is 480 g/mol. The third-order valence-corrected chi connectivity index (χ3v) is 6.22. The Kier molecular flexibility index (Phi) is 8.50. The molecule has 0 spiro atoms. The Morgan fingerprint density at radius 3 is 2.57 bits per heavy atom. The molecule has 35 heavy (non-hydrogen) atoms. The normalized spacial score (nSPS) is 14.2. The molecule has 8 heteroatoms. The van der Waals surface area contributed by atoms with Crippen molar-refractivity contribution in [3.8, 4) is 17.0 Å². The molecule has 0 saturated carbocycles. The van der Waals surface area contributed by atoms with E-state index in [1.807, 2.05) is 43.3 Å². The van der Waals surface area contributed by atoms with Crippen LogP contribution < -0.4 is 15.8 Å². The van der Waals surface area contributed by atoms with Crippen molar-refractivity contribution < 1.29 is 19.0 Å². The number of nitrogens with one attached hydrogen (secondary N) is 1. The summed E-state index contributed by atoms with van der Waals surface area (Å²) in [6.45, 7) is 10.6. The van der Waals surface area contributed by atoms with Crippen LogP contribution >= 0.6 is 0 Å². The Morgan fingerprint density at radius 1 is 1.09 bits per heavy atom. The number of hydrogen-bond acceptors (Lipinski definition) is 6. The average molecular weight is 481 g/mol. The summed E-state index contributed by atoms with van der Waals surface area (Å²) in [5, 5.41) is 3.76. The molecular weight excluding hydrogens is 444 g/mol. The van der Waals surface area contributed by atoms with Gasteiger partial charge in [0.25, 0.3) is 0 Å². The summed E-state index contributed by atoms with van der Waals surface area (Å²) in [6, 6.07) is 13.8. The Bertz CT molecular complexity index is 1120. The molecule has 0 radical (unpaired) electrons. The summed E-state index contributed by atoms with van der Waals surface area (Å²) < 4.78 is 18.8. The van der Waals surface area contributed by atoms with Crippen molar-refractivity contribution in [2.24, 2.45) is 0 Å². The zero-order chi connectivity index (χ0) is 24.6. The summed E-state index contributed by atoms with van der Waals surface area (Å²) >= 11 is 0. The van der Waals surface area contributed by atoms with Crippen LogP contribution in [0.15, 0.2) is 42.5 Å². The van der Waals surface area contributed by atoms with Crippen LogP contribution in [0.1, 0.15) is 26.7 Å². The lowest BCUT2D eigenvalue weighted by Gasteiger charge is -2.26. The van der Waals surface area contributed by atoms with Gasteiger partial charge in [-0.1, -0.05) is 19.1 Å². The summed E-state index contributed by atoms with van der Waals surface area (Å²) in [6.07, 6.45) is 1.32. The summed E-state index contributed by atoms with van der Waals surface area (Å²) in [5.74, 6) is 0.850. The molecule has 1 aromatic heterocycles. The molecule has 0 aliphatic carbocycles. The second-order valence-electron chi connectivity index (χ2n) is 8.68. The number of carbonyl (C=O) groups excluding carboxylic acids is 1. The van der Waals surface area contributed by atoms with Crippen molar-refractivity contribution in [3.63, 3.8) is 0 Å². The number of hydrogen-bond donors (Lipinski definition) is 2. The molecule has 188 valence electrons. The van der Waals surface area contributed by atoms with E-state index in [1.54, 1.807) is 0 Å². The van der Waals surface area contributed by atoms with Gasteiger partial charge in [0.05, 0.1) is 43.3 Å². The molecule has 4 rings (SSSR count). The number of ether oxygens (including phenoxy) is 3. The van der Waals surface area contributed by atoms with Gasteiger partial charge in [0.15, 0.2) is 0 Å². The van der Waals surface area contributed by atoms with Crippen LogP contribution in [0.2, 0.25) is 0 Å². The summed E-state index contributed by atoms with van der Waals surface area (Å²) in [5.41, 5.74) is 11.0. The number of nitrogens with two attached hydrogens (primary N) is 1. The fourth-order valence-corrected chi connectivity index (χ4v) is 4.45. The number of nitrogen functional groups attached to an aromatic ring is 1. The molecule has 3 N–H and O–H groups in total. The molecular formula is C27H36N4O4. The van der Waals surface area contributed by atoms with Crippen LogP contribution in [0, 0.1) is 0 Å². The van der Waals surface area contributed by atoms with Crippen LogP contribution in [0.5, 0.6) is 5.75 Å². The minimum atomic E-state index is -0.445. The van der Waals surface area contributed by atoms with Crippen LogP contribution in [0.3, 0.4) is 0 Å². The molecule has 0 bridgehead atoms. The van der Waals surface area contributed by atoms with E-state index in [4.69, 9.17) is 19.9 Å². The van der Waals surface area contributed by atoms with E-state index in [0.717, 1.165) is 85.8 Å². The van der Waals surface area contributed by atoms with Gasteiger partial charge in [-0.2, -0.15) is 0 Å². The number of morpholine rings is 1. The Balaban J connectivity index is 1.46. The van der Waals surface area contributed by atoms with E-state index in [9.17, 15) is 4.79 Å². The predicted molar refractivity (Wildman–Crippen MR) is 140 cm³/mol. The fraction of sp³-hybridized carbons (Fsp3) is 0.444. The Labute approximate surface area is 206 Å². The van der Waals surface area contributed by atoms with Gasteiger partial charge in [0.2, 0.25) is 0 Å². The molecule has 8 nitrogen and oxygen atoms in total. The lowest BCUT2D eigenvalue weighted by atomic mass is 10.1. The van der Waals surface area contributed by atoms with Gasteiger partial charge in [-0.3, -0.25) is 10.2 Å². The largest absolute Gasteiger partial charge is 0.493 e. The standard InChI is InChI=1S/C27H36N4O4/c1-3-15-35-27(32)29-21-8-6-20(7-9-21)26-25(28)23-11-10-22(19-24(23)31(26)4-2)34-16-5-12-30-13-17-33-18-14-30/h6-11,19H,3-5,12-18,28H2,1-2H3,(H,29,32). The predicted octanol–water partition coefficient (Wildman–Crippen LogP) is 4.97. The Morgan fingerprint density at radius 2 is 1.86 bits per heavy atom. The third-order valence-electron chi connectivity index (χ3n) is 6.22. The van der Waals surface area contributed by atoms with Gasteiger partial charge in [-0.25, -0.2) is 4.79 Å². The smallest absolute Gasteiger partial charge is 0.411 e. The van der Waals surface area contributed by atoms with Gasteiger partial charge in [-0.15, -0.1) is 0 Å². The molecule has 0 unspecified atom stereocenters. The number of amides is 1. The molecule has 1 fully saturated rings. The van der Waals surface area contributed by atoms with E-state index in [1.165, 1.54) is 0 Å². The van der Waals surface area contributed by atoms with Gasteiger partial charge < -0.3 is 24.5 Å². The number of aryl methyl sites for hydroxylation is 1. The van der Waals surface area contributed by atoms with Gasteiger partial charge in [-0.05, 0) is 44.0 Å². The highest BCUT2D eigenvalue weighted by atomic mass is 16.5. The number of anilines is 2. The minimum absolute atomic E-state index is 0.399. The zero-order valence-electron chi connectivity index (χ0n) is 20.7. The highest BCUT2D eigenvalue weighted by Crippen LogP contribution is 2.38. The first-order chi connectivity index (χ1) is 17.1. The first-order valence-corrected chi connectivity index (χ1v) is 12.5. The topological polar surface area (TPSA) is 91.0 Å². The zero-order valence-corrected chi connectivity index (χ0v) is 20.7. The van der Waals surface area contributed by atoms with Crippen molar-refractivity contribution in [1.82, 2.24) is 9.47 Å². The highest BCUT2D eigenvalue weighted by molar-refractivity contribution is 6.01. The van der Waals surface area contributed by atoms with Crippen molar-refractivity contribution in [2.45, 2.75) is 33.2 Å². The molecule has 1 aliphatic heterocycles. The molecule has 3 aromatic rings. The van der Waals surface area contributed by atoms with Crippen molar-refractivity contribution >= 4 is 28.4 Å². The number of fused-ring (bicyclic) bond motifs is 1. The molecule has 1 aliphatic rings. The third kappa shape index (κ3) is 6.07. The number of benzene rings is 2. The van der Waals surface area contributed by atoms with E-state index in [0.29, 0.717) is 18.9 Å². The minimum Gasteiger partial charge on any atom is -0.493 e. The van der Waals surface area contributed by atoms with E-state index in [2.05, 4.69) is 27.8 Å². The maximum atomic E-state index is 11.8. The first kappa shape index (κ1) is 24.9. The van der Waals surface area contributed by atoms with E-state index < -0.39 is 6.09 Å². The van der Waals surface area contributed by atoms with Gasteiger partial charge in [0, 0.05) is 48.9 Å². The van der Waals surface area contributed by atoms with Crippen LogP contribution in [0.25, 0.3) is 22.2 Å². The first-order valence-electron chi connectivity index (χ1n) is 12.5. The second kappa shape index (κ2) is 12.0. The number of aromatic nitrogens is 1. The lowest BCUT2D eigenvalue weighted by molar-refractivity contribution is 0.0358. The van der Waals surface area contributed by atoms with Crippen molar-refractivity contribution in [1.29, 1.82) is 0 Å². The molecule has 1 amide bonds. The average Bonchev–Trinajstić information content (AvgIpc) is 3.17. The fourth-order valence-electron chi connectivity index (χ4n) is 4.45. The highest BCUT2D eigenvalue weighted by Gasteiger charge is 2.17. The van der Waals surface area contributed by atoms with Crippen molar-refractivity contribution in [3.05, 3.63) is 42.5 Å². The summed E-state index contributed by atoms with van der Waals surface area (Å²) in [7, 11) is 0. The second-order valence-corrected chi connectivity index (χ2v) is 8.68. The molecule has 2 heterocycles. The van der Waals surface area contributed by atoms with E-state index >= 15 is 0 Å². The van der Waals surface area contributed by atoms with Gasteiger partial charge >= 0.3 is 6.09 Å². The summed E-state index contributed by atoms with van der Waals surface area (Å²) in [4.78, 5) is 14.2. The van der Waals surface area contributed by atoms with Gasteiger partial charge in [0.1, 0.15) is 5.75 Å². The maximum absolute atomic E-state index is 11.8. The lowest BCUT2D eigenvalue weighted by Crippen LogP contribution is -2.37. The molecule has 1 saturated heterocycles. The van der Waals surface area contributed by atoms with Crippen LogP contribution in [-0.2, 0) is 16.0 Å². The molecule has 2 aromatic carbocycles.